The minimum atomic E-state index is -3.50. The molecule has 4 rings (SSSR count). The van der Waals surface area contributed by atoms with Gasteiger partial charge in [0.05, 0.1) is 11.4 Å². The molecular formula is C20H26N6O3S. The van der Waals surface area contributed by atoms with Gasteiger partial charge in [-0.15, -0.1) is 0 Å². The SMILES string of the molecule is O=C(CN1CCN(c2ncccn2)CC1)N1CCN(S(=O)(=O)c2ccccc2)CC1. The second kappa shape index (κ2) is 9.07. The number of aromatic nitrogens is 2. The summed E-state index contributed by atoms with van der Waals surface area (Å²) in [7, 11) is -3.50. The van der Waals surface area contributed by atoms with Crippen molar-refractivity contribution in [3.8, 4) is 0 Å². The summed E-state index contributed by atoms with van der Waals surface area (Å²) < 4.78 is 26.9. The maximum absolute atomic E-state index is 12.7. The Labute approximate surface area is 177 Å². The van der Waals surface area contributed by atoms with Gasteiger partial charge in [-0.1, -0.05) is 18.2 Å². The molecule has 0 saturated carbocycles. The van der Waals surface area contributed by atoms with E-state index >= 15 is 0 Å². The molecule has 0 atom stereocenters. The number of amides is 1. The number of sulfonamides is 1. The number of benzene rings is 1. The number of hydrogen-bond donors (Lipinski definition) is 0. The van der Waals surface area contributed by atoms with Crippen molar-refractivity contribution in [1.29, 1.82) is 0 Å². The third kappa shape index (κ3) is 4.61. The highest BCUT2D eigenvalue weighted by molar-refractivity contribution is 7.89. The van der Waals surface area contributed by atoms with Crippen LogP contribution in [0.1, 0.15) is 0 Å². The van der Waals surface area contributed by atoms with Gasteiger partial charge in [0.1, 0.15) is 0 Å². The average Bonchev–Trinajstić information content (AvgIpc) is 2.81. The van der Waals surface area contributed by atoms with Gasteiger partial charge < -0.3 is 9.80 Å². The Balaban J connectivity index is 1.25. The number of anilines is 1. The molecule has 2 aromatic rings. The first-order chi connectivity index (χ1) is 14.5. The van der Waals surface area contributed by atoms with Crippen molar-refractivity contribution in [1.82, 2.24) is 24.1 Å². The second-order valence-electron chi connectivity index (χ2n) is 7.41. The van der Waals surface area contributed by atoms with E-state index < -0.39 is 10.0 Å². The molecule has 0 radical (unpaired) electrons. The highest BCUT2D eigenvalue weighted by Crippen LogP contribution is 2.17. The van der Waals surface area contributed by atoms with Gasteiger partial charge in [-0.3, -0.25) is 9.69 Å². The summed E-state index contributed by atoms with van der Waals surface area (Å²) in [6.07, 6.45) is 3.46. The molecule has 2 fully saturated rings. The van der Waals surface area contributed by atoms with E-state index in [1.165, 1.54) is 4.31 Å². The Hall–Kier alpha value is -2.56. The predicted molar refractivity (Wildman–Crippen MR) is 112 cm³/mol. The topological polar surface area (TPSA) is 90.0 Å². The molecule has 1 amide bonds. The zero-order valence-corrected chi connectivity index (χ0v) is 17.6. The van der Waals surface area contributed by atoms with Gasteiger partial charge >= 0.3 is 0 Å². The summed E-state index contributed by atoms with van der Waals surface area (Å²) in [5.74, 6) is 0.774. The monoisotopic (exact) mass is 430 g/mol. The van der Waals surface area contributed by atoms with Crippen molar-refractivity contribution < 1.29 is 13.2 Å². The van der Waals surface area contributed by atoms with Crippen molar-refractivity contribution >= 4 is 21.9 Å². The highest BCUT2D eigenvalue weighted by Gasteiger charge is 2.31. The van der Waals surface area contributed by atoms with Crippen LogP contribution >= 0.6 is 0 Å². The van der Waals surface area contributed by atoms with E-state index in [-0.39, 0.29) is 5.91 Å². The Morgan fingerprint density at radius 3 is 2.10 bits per heavy atom. The van der Waals surface area contributed by atoms with Gasteiger partial charge in [-0.05, 0) is 18.2 Å². The molecule has 2 aliphatic rings. The van der Waals surface area contributed by atoms with Gasteiger partial charge in [0.15, 0.2) is 0 Å². The number of hydrogen-bond acceptors (Lipinski definition) is 7. The molecule has 0 spiro atoms. The summed E-state index contributed by atoms with van der Waals surface area (Å²) in [5.41, 5.74) is 0. The van der Waals surface area contributed by atoms with Gasteiger partial charge in [-0.25, -0.2) is 18.4 Å². The first-order valence-electron chi connectivity index (χ1n) is 10.1. The Bertz CT molecular complexity index is 941. The predicted octanol–water partition coefficient (Wildman–Crippen LogP) is 0.132. The van der Waals surface area contributed by atoms with Crippen LogP contribution in [0.15, 0.2) is 53.7 Å². The smallest absolute Gasteiger partial charge is 0.243 e. The fraction of sp³-hybridized carbons (Fsp3) is 0.450. The summed E-state index contributed by atoms with van der Waals surface area (Å²) in [5, 5.41) is 0. The lowest BCUT2D eigenvalue weighted by molar-refractivity contribution is -0.133. The van der Waals surface area contributed by atoms with Crippen molar-refractivity contribution in [2.24, 2.45) is 0 Å². The third-order valence-corrected chi connectivity index (χ3v) is 7.45. The number of carbonyl (C=O) groups is 1. The Kier molecular flexibility index (Phi) is 6.26. The molecule has 0 aliphatic carbocycles. The number of nitrogens with zero attached hydrogens (tertiary/aromatic N) is 6. The minimum Gasteiger partial charge on any atom is -0.339 e. The number of carbonyl (C=O) groups excluding carboxylic acids is 1. The summed E-state index contributed by atoms with van der Waals surface area (Å²) in [4.78, 5) is 27.6. The van der Waals surface area contributed by atoms with Crippen LogP contribution in [0.2, 0.25) is 0 Å². The van der Waals surface area contributed by atoms with E-state index in [1.807, 2.05) is 0 Å². The number of piperazine rings is 2. The molecule has 1 aromatic carbocycles. The van der Waals surface area contributed by atoms with Crippen molar-refractivity contribution in [2.75, 3.05) is 63.8 Å². The first-order valence-corrected chi connectivity index (χ1v) is 11.6. The quantitative estimate of drug-likeness (QED) is 0.666. The van der Waals surface area contributed by atoms with Gasteiger partial charge in [0, 0.05) is 64.8 Å². The first kappa shape index (κ1) is 20.7. The van der Waals surface area contributed by atoms with Crippen molar-refractivity contribution in [3.63, 3.8) is 0 Å². The van der Waals surface area contributed by atoms with Crippen molar-refractivity contribution in [2.45, 2.75) is 4.90 Å². The van der Waals surface area contributed by atoms with E-state index in [0.717, 1.165) is 32.1 Å². The van der Waals surface area contributed by atoms with Gasteiger partial charge in [0.2, 0.25) is 21.9 Å². The van der Waals surface area contributed by atoms with E-state index in [4.69, 9.17) is 0 Å². The molecule has 160 valence electrons. The molecule has 0 unspecified atom stereocenters. The van der Waals surface area contributed by atoms with Crippen LogP contribution in [0.3, 0.4) is 0 Å². The molecule has 3 heterocycles. The third-order valence-electron chi connectivity index (χ3n) is 5.54. The van der Waals surface area contributed by atoms with E-state index in [9.17, 15) is 13.2 Å². The molecule has 2 aliphatic heterocycles. The van der Waals surface area contributed by atoms with Crippen LogP contribution in [0.5, 0.6) is 0 Å². The zero-order chi connectivity index (χ0) is 21.0. The van der Waals surface area contributed by atoms with E-state index in [2.05, 4.69) is 19.8 Å². The van der Waals surface area contributed by atoms with Crippen LogP contribution in [-0.2, 0) is 14.8 Å². The maximum atomic E-state index is 12.7. The molecule has 2 saturated heterocycles. The fourth-order valence-electron chi connectivity index (χ4n) is 3.77. The lowest BCUT2D eigenvalue weighted by Gasteiger charge is -2.37. The normalized spacial score (nSPS) is 19.1. The average molecular weight is 431 g/mol. The molecular weight excluding hydrogens is 404 g/mol. The Morgan fingerprint density at radius 1 is 0.833 bits per heavy atom. The molecule has 1 aromatic heterocycles. The number of rotatable bonds is 5. The largest absolute Gasteiger partial charge is 0.339 e. The lowest BCUT2D eigenvalue weighted by atomic mass is 10.3. The molecule has 9 nitrogen and oxygen atoms in total. The zero-order valence-electron chi connectivity index (χ0n) is 16.8. The van der Waals surface area contributed by atoms with Gasteiger partial charge in [-0.2, -0.15) is 4.31 Å². The fourth-order valence-corrected chi connectivity index (χ4v) is 5.21. The van der Waals surface area contributed by atoms with Crippen LogP contribution in [0, 0.1) is 0 Å². The lowest BCUT2D eigenvalue weighted by Crippen LogP contribution is -2.54. The molecule has 0 N–H and O–H groups in total. The van der Waals surface area contributed by atoms with E-state index in [1.54, 1.807) is 53.7 Å². The Morgan fingerprint density at radius 2 is 1.47 bits per heavy atom. The standard InChI is InChI=1S/C20H26N6O3S/c27-19(17-23-9-11-25(12-10-23)20-21-7-4-8-22-20)24-13-15-26(16-14-24)30(28,29)18-5-2-1-3-6-18/h1-8H,9-17H2. The minimum absolute atomic E-state index is 0.0520. The van der Waals surface area contributed by atoms with Crippen LogP contribution in [0.25, 0.3) is 0 Å². The second-order valence-corrected chi connectivity index (χ2v) is 9.35. The molecule has 10 heteroatoms. The summed E-state index contributed by atoms with van der Waals surface area (Å²) in [6.45, 7) is 4.93. The summed E-state index contributed by atoms with van der Waals surface area (Å²) in [6, 6.07) is 10.2. The van der Waals surface area contributed by atoms with E-state index in [0.29, 0.717) is 37.6 Å². The molecule has 30 heavy (non-hydrogen) atoms. The van der Waals surface area contributed by atoms with Crippen molar-refractivity contribution in [3.05, 3.63) is 48.8 Å². The van der Waals surface area contributed by atoms with Gasteiger partial charge in [0.25, 0.3) is 0 Å². The highest BCUT2D eigenvalue weighted by atomic mass is 32.2. The summed E-state index contributed by atoms with van der Waals surface area (Å²) >= 11 is 0. The van der Waals surface area contributed by atoms with Crippen LogP contribution in [0.4, 0.5) is 5.95 Å². The maximum Gasteiger partial charge on any atom is 0.243 e. The van der Waals surface area contributed by atoms with Crippen LogP contribution in [-0.4, -0.2) is 97.3 Å². The molecule has 0 bridgehead atoms. The van der Waals surface area contributed by atoms with Crippen LogP contribution < -0.4 is 4.90 Å².